The minimum Gasteiger partial charge on any atom is -0.454 e. The number of nitrogens with zero attached hydrogens (tertiary/aromatic N) is 1. The van der Waals surface area contributed by atoms with Crippen molar-refractivity contribution < 1.29 is 14.3 Å². The highest BCUT2D eigenvalue weighted by atomic mass is 32.2. The number of Topliss-reactive ketones (excluding diaryl/α,β-unsaturated/α-hetero) is 1. The van der Waals surface area contributed by atoms with Crippen LogP contribution in [0.25, 0.3) is 0 Å². The van der Waals surface area contributed by atoms with Crippen molar-refractivity contribution in [3.63, 3.8) is 0 Å². The molecule has 2 aliphatic heterocycles. The number of carbonyl (C=O) groups excluding carboxylic acids is 1. The maximum Gasteiger partial charge on any atom is 0.257 e. The summed E-state index contributed by atoms with van der Waals surface area (Å²) in [6.45, 7) is 8.72. The molecule has 1 atom stereocenters. The molecule has 0 saturated heterocycles. The van der Waals surface area contributed by atoms with Gasteiger partial charge in [-0.1, -0.05) is 45.5 Å². The third-order valence-corrected chi connectivity index (χ3v) is 7.27. The molecule has 7 nitrogen and oxygen atoms in total. The minimum atomic E-state index is -0.500. The maximum atomic E-state index is 13.4. The number of carbonyl (C=O) groups is 1. The number of rotatable bonds is 5. The van der Waals surface area contributed by atoms with Crippen LogP contribution in [0.15, 0.2) is 39.4 Å². The van der Waals surface area contributed by atoms with Crippen LogP contribution in [0.2, 0.25) is 0 Å². The molecule has 8 heteroatoms. The van der Waals surface area contributed by atoms with Gasteiger partial charge in [-0.15, -0.1) is 0 Å². The van der Waals surface area contributed by atoms with E-state index in [1.807, 2.05) is 18.2 Å². The molecule has 5 rings (SSSR count). The van der Waals surface area contributed by atoms with Crippen molar-refractivity contribution in [3.8, 4) is 11.5 Å². The Kier molecular flexibility index (Phi) is 5.51. The van der Waals surface area contributed by atoms with Crippen molar-refractivity contribution in [1.29, 1.82) is 0 Å². The number of ether oxygens (including phenoxy) is 2. The van der Waals surface area contributed by atoms with Gasteiger partial charge in [-0.3, -0.25) is 9.59 Å². The molecule has 2 N–H and O–H groups in total. The molecule has 2 aromatic rings. The topological polar surface area (TPSA) is 93.3 Å². The lowest BCUT2D eigenvalue weighted by atomic mass is 9.69. The highest BCUT2D eigenvalue weighted by Gasteiger charge is 2.42. The average molecular weight is 468 g/mol. The van der Waals surface area contributed by atoms with Gasteiger partial charge < -0.3 is 19.8 Å². The zero-order chi connectivity index (χ0) is 23.3. The summed E-state index contributed by atoms with van der Waals surface area (Å²) in [6, 6.07) is 5.63. The molecule has 174 valence electrons. The number of thioether (sulfide) groups is 1. The van der Waals surface area contributed by atoms with Gasteiger partial charge in [0.25, 0.3) is 5.56 Å². The van der Waals surface area contributed by atoms with Crippen molar-refractivity contribution in [2.75, 3.05) is 17.9 Å². The van der Waals surface area contributed by atoms with Crippen LogP contribution < -0.4 is 20.3 Å². The molecule has 0 spiro atoms. The van der Waals surface area contributed by atoms with E-state index in [-0.39, 0.29) is 23.6 Å². The predicted octanol–water partition coefficient (Wildman–Crippen LogP) is 4.84. The molecule has 0 unspecified atom stereocenters. The van der Waals surface area contributed by atoms with E-state index in [0.717, 1.165) is 29.9 Å². The quantitative estimate of drug-likeness (QED) is 0.480. The molecule has 1 aromatic carbocycles. The van der Waals surface area contributed by atoms with Gasteiger partial charge in [0, 0.05) is 29.4 Å². The Morgan fingerprint density at radius 2 is 1.97 bits per heavy atom. The number of anilines is 1. The van der Waals surface area contributed by atoms with Gasteiger partial charge in [-0.25, -0.2) is 4.98 Å². The van der Waals surface area contributed by atoms with E-state index in [2.05, 4.69) is 38.0 Å². The summed E-state index contributed by atoms with van der Waals surface area (Å²) in [4.78, 5) is 34.5. The van der Waals surface area contributed by atoms with Gasteiger partial charge in [-0.2, -0.15) is 0 Å². The number of nitrogens with one attached hydrogen (secondary N) is 2. The number of fused-ring (bicyclic) bond motifs is 2. The molecule has 0 radical (unpaired) electrons. The molecule has 33 heavy (non-hydrogen) atoms. The molecule has 1 aliphatic carbocycles. The van der Waals surface area contributed by atoms with Crippen LogP contribution in [-0.4, -0.2) is 28.3 Å². The molecule has 0 bridgehead atoms. The van der Waals surface area contributed by atoms with Crippen LogP contribution >= 0.6 is 11.8 Å². The van der Waals surface area contributed by atoms with Crippen LogP contribution in [0.5, 0.6) is 11.5 Å². The Morgan fingerprint density at radius 1 is 1.18 bits per heavy atom. The first-order chi connectivity index (χ1) is 15.7. The largest absolute Gasteiger partial charge is 0.454 e. The van der Waals surface area contributed by atoms with Gasteiger partial charge in [0.15, 0.2) is 22.4 Å². The van der Waals surface area contributed by atoms with Crippen LogP contribution in [0.3, 0.4) is 0 Å². The zero-order valence-electron chi connectivity index (χ0n) is 19.4. The van der Waals surface area contributed by atoms with Crippen molar-refractivity contribution in [2.45, 2.75) is 58.0 Å². The lowest BCUT2D eigenvalue weighted by molar-refractivity contribution is -0.118. The van der Waals surface area contributed by atoms with Crippen molar-refractivity contribution in [3.05, 3.63) is 50.9 Å². The Morgan fingerprint density at radius 3 is 2.76 bits per heavy atom. The average Bonchev–Trinajstić information content (AvgIpc) is 3.19. The summed E-state index contributed by atoms with van der Waals surface area (Å²) in [5.41, 5.74) is 2.46. The summed E-state index contributed by atoms with van der Waals surface area (Å²) < 4.78 is 11.0. The lowest BCUT2D eigenvalue weighted by Gasteiger charge is -2.38. The highest BCUT2D eigenvalue weighted by Crippen LogP contribution is 2.49. The Hall–Kier alpha value is -2.74. The fourth-order valence-electron chi connectivity index (χ4n) is 4.78. The van der Waals surface area contributed by atoms with Crippen LogP contribution in [0.1, 0.15) is 64.0 Å². The van der Waals surface area contributed by atoms with Gasteiger partial charge in [0.1, 0.15) is 5.82 Å². The smallest absolute Gasteiger partial charge is 0.257 e. The number of aromatic nitrogens is 2. The summed E-state index contributed by atoms with van der Waals surface area (Å²) in [7, 11) is 0. The second kappa shape index (κ2) is 8.24. The number of hydrogen-bond donors (Lipinski definition) is 2. The standard InChI is InChI=1S/C25H29N3O4S/c1-13(2)7-8-33-24-27-22-21(23(30)28-24)19(14-5-6-17-18(9-14)32-12-31-17)20-15(26-22)10-25(3,4)11-16(20)29/h5-6,9,13,19H,7-8,10-12H2,1-4H3,(H2,26,27,28,30)/t19-/m0/s1. The third kappa shape index (κ3) is 4.16. The van der Waals surface area contributed by atoms with Gasteiger partial charge in [0.05, 0.1) is 5.56 Å². The van der Waals surface area contributed by atoms with E-state index in [9.17, 15) is 9.59 Å². The molecule has 0 amide bonds. The molecular weight excluding hydrogens is 438 g/mol. The molecular formula is C25H29N3O4S. The number of aromatic amines is 1. The van der Waals surface area contributed by atoms with Crippen molar-refractivity contribution in [1.82, 2.24) is 9.97 Å². The fourth-order valence-corrected chi connectivity index (χ4v) is 5.88. The Balaban J connectivity index is 1.62. The molecule has 0 fully saturated rings. The monoisotopic (exact) mass is 467 g/mol. The molecule has 0 saturated carbocycles. The zero-order valence-corrected chi connectivity index (χ0v) is 20.2. The minimum absolute atomic E-state index is 0.0665. The van der Waals surface area contributed by atoms with E-state index < -0.39 is 5.92 Å². The van der Waals surface area contributed by atoms with E-state index in [4.69, 9.17) is 14.5 Å². The fraction of sp³-hybridized carbons (Fsp3) is 0.480. The highest BCUT2D eigenvalue weighted by molar-refractivity contribution is 7.99. The molecule has 1 aromatic heterocycles. The molecule has 3 heterocycles. The SMILES string of the molecule is CC(C)CCSc1nc2c(c(=O)[nH]1)[C@@H](c1ccc3c(c1)OCO3)C1=C(CC(C)(C)CC1=O)N2. The number of ketones is 1. The third-order valence-electron chi connectivity index (χ3n) is 6.36. The first-order valence-corrected chi connectivity index (χ1v) is 12.4. The van der Waals surface area contributed by atoms with Crippen LogP contribution in [0.4, 0.5) is 5.82 Å². The summed E-state index contributed by atoms with van der Waals surface area (Å²) in [6.07, 6.45) is 2.20. The number of benzene rings is 1. The van der Waals surface area contributed by atoms with Crippen molar-refractivity contribution in [2.24, 2.45) is 11.3 Å². The summed E-state index contributed by atoms with van der Waals surface area (Å²) in [5, 5.41) is 3.97. The van der Waals surface area contributed by atoms with Gasteiger partial charge >= 0.3 is 0 Å². The van der Waals surface area contributed by atoms with Gasteiger partial charge in [-0.05, 0) is 41.9 Å². The van der Waals surface area contributed by atoms with Crippen LogP contribution in [-0.2, 0) is 4.79 Å². The first kappa shape index (κ1) is 22.1. The number of allylic oxidation sites excluding steroid dienone is 2. The second-order valence-corrected chi connectivity index (χ2v) is 11.3. The summed E-state index contributed by atoms with van der Waals surface area (Å²) in [5.74, 6) is 2.86. The molecule has 3 aliphatic rings. The van der Waals surface area contributed by atoms with Crippen molar-refractivity contribution >= 4 is 23.4 Å². The lowest BCUT2D eigenvalue weighted by Crippen LogP contribution is -2.37. The van der Waals surface area contributed by atoms with E-state index in [1.165, 1.54) is 0 Å². The van der Waals surface area contributed by atoms with Crippen LogP contribution in [0, 0.1) is 11.3 Å². The summed E-state index contributed by atoms with van der Waals surface area (Å²) >= 11 is 1.55. The number of hydrogen-bond acceptors (Lipinski definition) is 7. The predicted molar refractivity (Wildman–Crippen MR) is 128 cm³/mol. The maximum absolute atomic E-state index is 13.4. The first-order valence-electron chi connectivity index (χ1n) is 11.4. The van der Waals surface area contributed by atoms with E-state index in [0.29, 0.717) is 45.9 Å². The Bertz CT molecular complexity index is 1210. The second-order valence-electron chi connectivity index (χ2n) is 10.2. The van der Waals surface area contributed by atoms with Gasteiger partial charge in [0.2, 0.25) is 6.79 Å². The van der Waals surface area contributed by atoms with E-state index in [1.54, 1.807) is 11.8 Å². The Labute approximate surface area is 197 Å². The number of H-pyrrole nitrogens is 1. The van der Waals surface area contributed by atoms with E-state index >= 15 is 0 Å². The normalized spacial score (nSPS) is 20.5.